The molecule has 4 N–H and O–H groups in total. The number of hydrogen-bond donors (Lipinski definition) is 4. The number of hydrogen-bond acceptors (Lipinski definition) is 6. The molecule has 0 aliphatic carbocycles. The standard InChI is InChI=1S/C14H26O7/c1-2-3-4-5-6-7-8-20-14-10(16)9(15)12(21-14)11(17)13(18)19/h9-12,14-17H,2-8H2,1H3,(H,18,19)/t9-,10-,11+,12-,14-/m1/s1. The number of carboxylic acids is 1. The van der Waals surface area contributed by atoms with E-state index in [-0.39, 0.29) is 0 Å². The summed E-state index contributed by atoms with van der Waals surface area (Å²) >= 11 is 0. The first-order chi connectivity index (χ1) is 9.99. The molecule has 0 aromatic carbocycles. The molecule has 1 aliphatic rings. The fourth-order valence-electron chi connectivity index (χ4n) is 2.29. The first kappa shape index (κ1) is 18.3. The number of aliphatic hydroxyl groups is 3. The minimum Gasteiger partial charge on any atom is -0.479 e. The maximum Gasteiger partial charge on any atom is 0.335 e. The summed E-state index contributed by atoms with van der Waals surface area (Å²) in [5.41, 5.74) is 0. The largest absolute Gasteiger partial charge is 0.479 e. The summed E-state index contributed by atoms with van der Waals surface area (Å²) in [7, 11) is 0. The molecule has 7 heteroatoms. The van der Waals surface area contributed by atoms with Crippen molar-refractivity contribution in [1.82, 2.24) is 0 Å². The monoisotopic (exact) mass is 306 g/mol. The zero-order valence-electron chi connectivity index (χ0n) is 12.4. The highest BCUT2D eigenvalue weighted by atomic mass is 16.7. The first-order valence-corrected chi connectivity index (χ1v) is 7.53. The smallest absolute Gasteiger partial charge is 0.335 e. The van der Waals surface area contributed by atoms with E-state index in [4.69, 9.17) is 14.6 Å². The van der Waals surface area contributed by atoms with Crippen LogP contribution in [0.3, 0.4) is 0 Å². The molecule has 1 rings (SSSR count). The van der Waals surface area contributed by atoms with E-state index in [1.54, 1.807) is 0 Å². The van der Waals surface area contributed by atoms with Gasteiger partial charge >= 0.3 is 5.97 Å². The van der Waals surface area contributed by atoms with Crippen molar-refractivity contribution in [2.75, 3.05) is 6.61 Å². The lowest BCUT2D eigenvalue weighted by atomic mass is 10.1. The van der Waals surface area contributed by atoms with E-state index in [0.717, 1.165) is 19.3 Å². The number of carboxylic acid groups (broad SMARTS) is 1. The zero-order valence-corrected chi connectivity index (χ0v) is 12.4. The van der Waals surface area contributed by atoms with Gasteiger partial charge in [0.15, 0.2) is 12.4 Å². The van der Waals surface area contributed by atoms with Gasteiger partial charge in [-0.05, 0) is 6.42 Å². The van der Waals surface area contributed by atoms with Crippen LogP contribution in [0.1, 0.15) is 45.4 Å². The van der Waals surface area contributed by atoms with Gasteiger partial charge in [0.1, 0.15) is 18.3 Å². The molecule has 0 aromatic heterocycles. The molecule has 1 aliphatic heterocycles. The third-order valence-electron chi connectivity index (χ3n) is 3.60. The van der Waals surface area contributed by atoms with E-state index in [0.29, 0.717) is 6.61 Å². The lowest BCUT2D eigenvalue weighted by Gasteiger charge is -2.17. The van der Waals surface area contributed by atoms with Crippen LogP contribution in [0.15, 0.2) is 0 Å². The molecule has 0 aromatic rings. The Labute approximate surface area is 124 Å². The highest BCUT2D eigenvalue weighted by Crippen LogP contribution is 2.25. The summed E-state index contributed by atoms with van der Waals surface area (Å²) < 4.78 is 10.4. The second kappa shape index (κ2) is 9.32. The third-order valence-corrected chi connectivity index (χ3v) is 3.60. The van der Waals surface area contributed by atoms with Gasteiger partial charge in [0.25, 0.3) is 0 Å². The van der Waals surface area contributed by atoms with Crippen LogP contribution in [0.4, 0.5) is 0 Å². The number of carbonyl (C=O) groups is 1. The summed E-state index contributed by atoms with van der Waals surface area (Å²) in [4.78, 5) is 10.7. The van der Waals surface area contributed by atoms with Gasteiger partial charge in [0, 0.05) is 6.61 Å². The molecule has 21 heavy (non-hydrogen) atoms. The van der Waals surface area contributed by atoms with Gasteiger partial charge in [-0.2, -0.15) is 0 Å². The minimum atomic E-state index is -1.89. The summed E-state index contributed by atoms with van der Waals surface area (Å²) in [5, 5.41) is 37.5. The zero-order chi connectivity index (χ0) is 15.8. The molecule has 1 saturated heterocycles. The molecule has 0 unspecified atom stereocenters. The normalized spacial score (nSPS) is 30.5. The number of rotatable bonds is 10. The van der Waals surface area contributed by atoms with Crippen LogP contribution in [0.25, 0.3) is 0 Å². The topological polar surface area (TPSA) is 116 Å². The van der Waals surface area contributed by atoms with E-state index in [9.17, 15) is 20.1 Å². The van der Waals surface area contributed by atoms with Gasteiger partial charge in [-0.1, -0.05) is 39.0 Å². The molecule has 0 amide bonds. The Morgan fingerprint density at radius 2 is 1.76 bits per heavy atom. The van der Waals surface area contributed by atoms with Crippen LogP contribution >= 0.6 is 0 Å². The van der Waals surface area contributed by atoms with Crippen LogP contribution in [0, 0.1) is 0 Å². The molecule has 7 nitrogen and oxygen atoms in total. The number of unbranched alkanes of at least 4 members (excludes halogenated alkanes) is 5. The van der Waals surface area contributed by atoms with Crippen molar-refractivity contribution in [3.05, 3.63) is 0 Å². The van der Waals surface area contributed by atoms with E-state index >= 15 is 0 Å². The lowest BCUT2D eigenvalue weighted by Crippen LogP contribution is -2.42. The van der Waals surface area contributed by atoms with Crippen molar-refractivity contribution >= 4 is 5.97 Å². The van der Waals surface area contributed by atoms with Crippen molar-refractivity contribution in [2.24, 2.45) is 0 Å². The Bertz CT molecular complexity index is 310. The molecule has 1 fully saturated rings. The van der Waals surface area contributed by atoms with Gasteiger partial charge in [-0.25, -0.2) is 4.79 Å². The molecule has 0 bridgehead atoms. The summed E-state index contributed by atoms with van der Waals surface area (Å²) in [6, 6.07) is 0. The van der Waals surface area contributed by atoms with Crippen molar-refractivity contribution in [2.45, 2.75) is 76.2 Å². The Morgan fingerprint density at radius 1 is 1.14 bits per heavy atom. The summed E-state index contributed by atoms with van der Waals surface area (Å²) in [5.74, 6) is -1.51. The average molecular weight is 306 g/mol. The molecule has 1 heterocycles. The molecule has 0 radical (unpaired) electrons. The quantitative estimate of drug-likeness (QED) is 0.428. The van der Waals surface area contributed by atoms with Crippen molar-refractivity contribution in [3.63, 3.8) is 0 Å². The van der Waals surface area contributed by atoms with Gasteiger partial charge in [-0.15, -0.1) is 0 Å². The van der Waals surface area contributed by atoms with Crippen LogP contribution in [-0.2, 0) is 14.3 Å². The predicted octanol–water partition coefficient (Wildman–Crippen LogP) is 0.256. The maximum atomic E-state index is 10.7. The van der Waals surface area contributed by atoms with Gasteiger partial charge in [0.2, 0.25) is 0 Å². The molecular formula is C14H26O7. The number of aliphatic hydroxyl groups excluding tert-OH is 3. The highest BCUT2D eigenvalue weighted by Gasteiger charge is 2.48. The van der Waals surface area contributed by atoms with E-state index in [2.05, 4.69) is 6.92 Å². The Kier molecular flexibility index (Phi) is 8.13. The average Bonchev–Trinajstić information content (AvgIpc) is 2.73. The first-order valence-electron chi connectivity index (χ1n) is 7.53. The van der Waals surface area contributed by atoms with Crippen LogP contribution in [-0.4, -0.2) is 63.7 Å². The fraction of sp³-hybridized carbons (Fsp3) is 0.929. The van der Waals surface area contributed by atoms with Crippen LogP contribution in [0.2, 0.25) is 0 Å². The van der Waals surface area contributed by atoms with Gasteiger partial charge in [0.05, 0.1) is 0 Å². The van der Waals surface area contributed by atoms with Crippen molar-refractivity contribution in [3.8, 4) is 0 Å². The van der Waals surface area contributed by atoms with Gasteiger partial charge < -0.3 is 29.9 Å². The maximum absolute atomic E-state index is 10.7. The molecular weight excluding hydrogens is 280 g/mol. The third kappa shape index (κ3) is 5.52. The second-order valence-corrected chi connectivity index (χ2v) is 5.37. The summed E-state index contributed by atoms with van der Waals surface area (Å²) in [6.45, 7) is 2.51. The summed E-state index contributed by atoms with van der Waals surface area (Å²) in [6.07, 6.45) is -0.700. The molecule has 0 saturated carbocycles. The molecule has 124 valence electrons. The fourth-order valence-corrected chi connectivity index (χ4v) is 2.29. The molecule has 0 spiro atoms. The predicted molar refractivity (Wildman–Crippen MR) is 73.6 cm³/mol. The Balaban J connectivity index is 2.25. The number of ether oxygens (including phenoxy) is 2. The number of aliphatic carboxylic acids is 1. The highest BCUT2D eigenvalue weighted by molar-refractivity contribution is 5.72. The lowest BCUT2D eigenvalue weighted by molar-refractivity contribution is -0.186. The molecule has 5 atom stereocenters. The van der Waals surface area contributed by atoms with Crippen molar-refractivity contribution < 1.29 is 34.7 Å². The van der Waals surface area contributed by atoms with E-state index < -0.39 is 36.7 Å². The Morgan fingerprint density at radius 3 is 2.38 bits per heavy atom. The van der Waals surface area contributed by atoms with E-state index in [1.165, 1.54) is 19.3 Å². The van der Waals surface area contributed by atoms with Crippen LogP contribution in [0.5, 0.6) is 0 Å². The Hall–Kier alpha value is -0.730. The SMILES string of the molecule is CCCCCCCCO[C@@H]1O[C@@H]([C@H](O)C(=O)O)[C@H](O)[C@H]1O. The minimum absolute atomic E-state index is 0.358. The van der Waals surface area contributed by atoms with Gasteiger partial charge in [-0.3, -0.25) is 0 Å². The van der Waals surface area contributed by atoms with Crippen molar-refractivity contribution in [1.29, 1.82) is 0 Å². The second-order valence-electron chi connectivity index (χ2n) is 5.37. The van der Waals surface area contributed by atoms with E-state index in [1.807, 2.05) is 0 Å². The van der Waals surface area contributed by atoms with Crippen LogP contribution < -0.4 is 0 Å².